The van der Waals surface area contributed by atoms with Gasteiger partial charge in [-0.25, -0.2) is 0 Å². The van der Waals surface area contributed by atoms with E-state index in [1.54, 1.807) is 17.4 Å². The highest BCUT2D eigenvalue weighted by Crippen LogP contribution is 2.30. The molecule has 0 bridgehead atoms. The van der Waals surface area contributed by atoms with Gasteiger partial charge in [0.1, 0.15) is 12.0 Å². The van der Waals surface area contributed by atoms with Gasteiger partial charge in [0, 0.05) is 21.0 Å². The van der Waals surface area contributed by atoms with Gasteiger partial charge in [-0.05, 0) is 13.0 Å². The number of nitrogens with one attached hydrogen (secondary N) is 1. The molecule has 2 aromatic heterocycles. The Morgan fingerprint density at radius 1 is 1.37 bits per heavy atom. The predicted molar refractivity (Wildman–Crippen MR) is 74.2 cm³/mol. The van der Waals surface area contributed by atoms with Crippen molar-refractivity contribution in [1.29, 1.82) is 0 Å². The van der Waals surface area contributed by atoms with Crippen LogP contribution >= 0.6 is 11.3 Å². The van der Waals surface area contributed by atoms with E-state index in [4.69, 9.17) is 4.52 Å². The van der Waals surface area contributed by atoms with Crippen molar-refractivity contribution in [3.63, 3.8) is 0 Å². The number of nitrogens with zero attached hydrogens (tertiary/aromatic N) is 1. The summed E-state index contributed by atoms with van der Waals surface area (Å²) in [6, 6.07) is 9.67. The molecule has 3 rings (SSSR count). The highest BCUT2D eigenvalue weighted by atomic mass is 32.1. The van der Waals surface area contributed by atoms with Crippen LogP contribution in [0.3, 0.4) is 0 Å². The van der Waals surface area contributed by atoms with E-state index in [2.05, 4.69) is 10.5 Å². The topological polar surface area (TPSA) is 55.1 Å². The summed E-state index contributed by atoms with van der Waals surface area (Å²) in [6.07, 6.45) is 1.49. The third-order valence-electron chi connectivity index (χ3n) is 2.92. The van der Waals surface area contributed by atoms with Crippen LogP contribution in [0.2, 0.25) is 0 Å². The van der Waals surface area contributed by atoms with Gasteiger partial charge in [0.2, 0.25) is 0 Å². The van der Waals surface area contributed by atoms with Gasteiger partial charge >= 0.3 is 0 Å². The zero-order chi connectivity index (χ0) is 13.2. The van der Waals surface area contributed by atoms with Crippen LogP contribution in [0.1, 0.15) is 20.9 Å². The number of fused-ring (bicyclic) bond motifs is 1. The first kappa shape index (κ1) is 11.9. The van der Waals surface area contributed by atoms with Gasteiger partial charge in [-0.15, -0.1) is 11.3 Å². The lowest BCUT2D eigenvalue weighted by atomic mass is 10.1. The molecule has 1 aromatic carbocycles. The normalized spacial score (nSPS) is 10.8. The summed E-state index contributed by atoms with van der Waals surface area (Å²) >= 11 is 1.64. The van der Waals surface area contributed by atoms with E-state index < -0.39 is 0 Å². The van der Waals surface area contributed by atoms with Gasteiger partial charge in [-0.2, -0.15) is 0 Å². The highest BCUT2D eigenvalue weighted by molar-refractivity contribution is 7.19. The highest BCUT2D eigenvalue weighted by Gasteiger charge is 2.15. The second-order valence-electron chi connectivity index (χ2n) is 4.20. The van der Waals surface area contributed by atoms with Crippen LogP contribution in [0.4, 0.5) is 0 Å². The Bertz CT molecular complexity index is 716. The second-order valence-corrected chi connectivity index (χ2v) is 5.46. The summed E-state index contributed by atoms with van der Waals surface area (Å²) in [4.78, 5) is 13.3. The molecule has 5 heteroatoms. The molecule has 3 aromatic rings. The lowest BCUT2D eigenvalue weighted by Gasteiger charge is -2.03. The number of thiophene rings is 1. The fourth-order valence-electron chi connectivity index (χ4n) is 2.04. The van der Waals surface area contributed by atoms with Crippen LogP contribution < -0.4 is 5.32 Å². The summed E-state index contributed by atoms with van der Waals surface area (Å²) in [5.74, 6) is -0.0713. The van der Waals surface area contributed by atoms with Crippen molar-refractivity contribution >= 4 is 27.3 Å². The maximum absolute atomic E-state index is 12.3. The molecule has 0 aliphatic carbocycles. The van der Waals surface area contributed by atoms with E-state index in [9.17, 15) is 4.79 Å². The van der Waals surface area contributed by atoms with Crippen molar-refractivity contribution in [1.82, 2.24) is 10.5 Å². The lowest BCUT2D eigenvalue weighted by Crippen LogP contribution is -2.23. The van der Waals surface area contributed by atoms with Crippen LogP contribution in [0, 0.1) is 6.92 Å². The average molecular weight is 272 g/mol. The summed E-state index contributed by atoms with van der Waals surface area (Å²) in [5.41, 5.74) is 1.47. The Morgan fingerprint density at radius 2 is 2.21 bits per heavy atom. The monoisotopic (exact) mass is 272 g/mol. The molecule has 19 heavy (non-hydrogen) atoms. The zero-order valence-corrected chi connectivity index (χ0v) is 11.2. The number of rotatable bonds is 3. The molecule has 0 saturated carbocycles. The van der Waals surface area contributed by atoms with Gasteiger partial charge in [0.25, 0.3) is 5.91 Å². The number of carbonyl (C=O) groups is 1. The largest absolute Gasteiger partial charge is 0.364 e. The van der Waals surface area contributed by atoms with E-state index >= 15 is 0 Å². The minimum atomic E-state index is -0.0713. The third-order valence-corrected chi connectivity index (χ3v) is 4.01. The third kappa shape index (κ3) is 2.24. The first-order valence-corrected chi connectivity index (χ1v) is 6.73. The molecule has 0 aliphatic heterocycles. The average Bonchev–Trinajstić information content (AvgIpc) is 3.02. The molecule has 96 valence electrons. The van der Waals surface area contributed by atoms with Crippen LogP contribution in [-0.4, -0.2) is 11.1 Å². The predicted octanol–water partition coefficient (Wildman–Crippen LogP) is 3.13. The quantitative estimate of drug-likeness (QED) is 0.797. The molecule has 0 spiro atoms. The lowest BCUT2D eigenvalue weighted by molar-refractivity contribution is 0.0951. The Labute approximate surface area is 114 Å². The van der Waals surface area contributed by atoms with Crippen molar-refractivity contribution in [3.05, 3.63) is 52.7 Å². The first-order chi connectivity index (χ1) is 9.25. The van der Waals surface area contributed by atoms with Gasteiger partial charge in [-0.3, -0.25) is 4.79 Å². The Morgan fingerprint density at radius 3 is 3.00 bits per heavy atom. The summed E-state index contributed by atoms with van der Waals surface area (Å²) < 4.78 is 5.86. The minimum Gasteiger partial charge on any atom is -0.364 e. The van der Waals surface area contributed by atoms with Crippen LogP contribution in [0.25, 0.3) is 10.1 Å². The molecule has 0 atom stereocenters. The fraction of sp³-hybridized carbons (Fsp3) is 0.143. The molecule has 4 nitrogen and oxygen atoms in total. The summed E-state index contributed by atoms with van der Waals surface area (Å²) in [6.45, 7) is 2.34. The van der Waals surface area contributed by atoms with Gasteiger partial charge in [0.05, 0.1) is 12.1 Å². The van der Waals surface area contributed by atoms with Crippen LogP contribution in [0.15, 0.2) is 41.1 Å². The number of hydrogen-bond donors (Lipinski definition) is 1. The zero-order valence-electron chi connectivity index (χ0n) is 10.3. The molecule has 0 aliphatic rings. The standard InChI is InChI=1S/C14H12N2O2S/c1-9-13(11-4-2-3-5-12(11)19-9)14(17)15-8-10-6-7-18-16-10/h2-7H,8H2,1H3,(H,15,17). The van der Waals surface area contributed by atoms with Crippen molar-refractivity contribution in [3.8, 4) is 0 Å². The minimum absolute atomic E-state index is 0.0713. The molecule has 0 saturated heterocycles. The van der Waals surface area contributed by atoms with Crippen LogP contribution in [-0.2, 0) is 6.54 Å². The van der Waals surface area contributed by atoms with Gasteiger partial charge < -0.3 is 9.84 Å². The molecule has 0 radical (unpaired) electrons. The number of benzene rings is 1. The Hall–Kier alpha value is -2.14. The summed E-state index contributed by atoms with van der Waals surface area (Å²) in [5, 5.41) is 7.64. The number of aryl methyl sites for hydroxylation is 1. The van der Waals surface area contributed by atoms with E-state index in [0.717, 1.165) is 20.5 Å². The molecule has 1 amide bonds. The SMILES string of the molecule is Cc1sc2ccccc2c1C(=O)NCc1ccon1. The van der Waals surface area contributed by atoms with E-state index in [1.165, 1.54) is 6.26 Å². The molecule has 2 heterocycles. The Balaban J connectivity index is 1.87. The van der Waals surface area contributed by atoms with E-state index in [0.29, 0.717) is 12.2 Å². The van der Waals surface area contributed by atoms with Crippen molar-refractivity contribution in [2.75, 3.05) is 0 Å². The maximum Gasteiger partial charge on any atom is 0.253 e. The number of aromatic nitrogens is 1. The smallest absolute Gasteiger partial charge is 0.253 e. The Kier molecular flexibility index (Phi) is 3.05. The summed E-state index contributed by atoms with van der Waals surface area (Å²) in [7, 11) is 0. The molecule has 1 N–H and O–H groups in total. The second kappa shape index (κ2) is 4.85. The number of carbonyl (C=O) groups excluding carboxylic acids is 1. The first-order valence-electron chi connectivity index (χ1n) is 5.91. The molecular formula is C14H12N2O2S. The fourth-order valence-corrected chi connectivity index (χ4v) is 3.10. The number of amides is 1. The van der Waals surface area contributed by atoms with E-state index in [1.807, 2.05) is 31.2 Å². The van der Waals surface area contributed by atoms with Crippen molar-refractivity contribution in [2.45, 2.75) is 13.5 Å². The van der Waals surface area contributed by atoms with Crippen molar-refractivity contribution in [2.24, 2.45) is 0 Å². The van der Waals surface area contributed by atoms with Gasteiger partial charge in [-0.1, -0.05) is 23.4 Å². The number of hydrogen-bond acceptors (Lipinski definition) is 4. The molecule has 0 unspecified atom stereocenters. The molecule has 0 fully saturated rings. The molecular weight excluding hydrogens is 260 g/mol. The van der Waals surface area contributed by atoms with Crippen molar-refractivity contribution < 1.29 is 9.32 Å². The maximum atomic E-state index is 12.3. The van der Waals surface area contributed by atoms with Crippen LogP contribution in [0.5, 0.6) is 0 Å². The van der Waals surface area contributed by atoms with Gasteiger partial charge in [0.15, 0.2) is 0 Å². The van der Waals surface area contributed by atoms with E-state index in [-0.39, 0.29) is 5.91 Å².